The van der Waals surface area contributed by atoms with Crippen LogP contribution in [0.3, 0.4) is 0 Å². The van der Waals surface area contributed by atoms with Crippen molar-refractivity contribution in [1.82, 2.24) is 0 Å². The van der Waals surface area contributed by atoms with E-state index in [0.29, 0.717) is 11.1 Å². The van der Waals surface area contributed by atoms with Gasteiger partial charge >= 0.3 is 5.97 Å². The number of benzene rings is 2. The van der Waals surface area contributed by atoms with Gasteiger partial charge in [0.05, 0.1) is 12.0 Å². The second kappa shape index (κ2) is 7.27. The molecule has 0 radical (unpaired) electrons. The zero-order valence-electron chi connectivity index (χ0n) is 13.1. The zero-order valence-corrected chi connectivity index (χ0v) is 13.9. The normalized spacial score (nSPS) is 11.5. The van der Waals surface area contributed by atoms with Crippen molar-refractivity contribution >= 4 is 27.8 Å². The van der Waals surface area contributed by atoms with Crippen LogP contribution in [0.2, 0.25) is 0 Å². The number of rotatable bonds is 5. The maximum absolute atomic E-state index is 13.3. The lowest BCUT2D eigenvalue weighted by Crippen LogP contribution is -2.13. The quantitative estimate of drug-likeness (QED) is 0.665. The van der Waals surface area contributed by atoms with E-state index in [9.17, 15) is 17.6 Å². The second-order valence-corrected chi connectivity index (χ2v) is 6.68. The van der Waals surface area contributed by atoms with E-state index < -0.39 is 21.8 Å². The van der Waals surface area contributed by atoms with Gasteiger partial charge in [0, 0.05) is 11.8 Å². The molecule has 0 aliphatic heterocycles. The van der Waals surface area contributed by atoms with Gasteiger partial charge in [-0.25, -0.2) is 17.6 Å². The monoisotopic (exact) mass is 349 g/mol. The number of nitrogens with one attached hydrogen (secondary N) is 1. The molecule has 126 valence electrons. The van der Waals surface area contributed by atoms with Crippen LogP contribution in [0.25, 0.3) is 6.08 Å². The van der Waals surface area contributed by atoms with Crippen LogP contribution in [0.15, 0.2) is 53.4 Å². The van der Waals surface area contributed by atoms with E-state index in [1.807, 2.05) is 0 Å². The van der Waals surface area contributed by atoms with Crippen LogP contribution in [0.4, 0.5) is 10.1 Å². The molecule has 0 heterocycles. The van der Waals surface area contributed by atoms with Crippen molar-refractivity contribution in [3.63, 3.8) is 0 Å². The summed E-state index contributed by atoms with van der Waals surface area (Å²) in [5.41, 5.74) is 1.13. The molecular weight excluding hydrogens is 333 g/mol. The SMILES string of the molecule is COC(=O)/C=C/c1cccc(S(=O)(=O)Nc2ccc(F)c(C)c2)c1. The molecule has 1 N–H and O–H groups in total. The Labute approximate surface area is 139 Å². The molecule has 7 heteroatoms. The fourth-order valence-corrected chi connectivity index (χ4v) is 3.04. The average molecular weight is 349 g/mol. The molecule has 0 saturated carbocycles. The van der Waals surface area contributed by atoms with Gasteiger partial charge in [0.25, 0.3) is 10.0 Å². The summed E-state index contributed by atoms with van der Waals surface area (Å²) >= 11 is 0. The van der Waals surface area contributed by atoms with Gasteiger partial charge in [-0.1, -0.05) is 12.1 Å². The number of ether oxygens (including phenoxy) is 1. The highest BCUT2D eigenvalue weighted by molar-refractivity contribution is 7.92. The molecule has 2 rings (SSSR count). The van der Waals surface area contributed by atoms with Crippen molar-refractivity contribution in [2.75, 3.05) is 11.8 Å². The van der Waals surface area contributed by atoms with E-state index in [1.165, 1.54) is 49.6 Å². The van der Waals surface area contributed by atoms with Gasteiger partial charge in [-0.2, -0.15) is 0 Å². The highest BCUT2D eigenvalue weighted by atomic mass is 32.2. The van der Waals surface area contributed by atoms with E-state index in [-0.39, 0.29) is 10.6 Å². The summed E-state index contributed by atoms with van der Waals surface area (Å²) in [6, 6.07) is 10.0. The predicted molar refractivity (Wildman–Crippen MR) is 89.4 cm³/mol. The molecule has 24 heavy (non-hydrogen) atoms. The molecule has 0 amide bonds. The molecule has 0 aliphatic rings. The van der Waals surface area contributed by atoms with Crippen LogP contribution in [0, 0.1) is 12.7 Å². The number of methoxy groups -OCH3 is 1. The van der Waals surface area contributed by atoms with E-state index in [4.69, 9.17) is 0 Å². The highest BCUT2D eigenvalue weighted by Gasteiger charge is 2.15. The molecule has 0 unspecified atom stereocenters. The third-order valence-corrected chi connectivity index (χ3v) is 4.57. The summed E-state index contributed by atoms with van der Waals surface area (Å²) in [6.45, 7) is 1.55. The van der Waals surface area contributed by atoms with Gasteiger partial charge in [0.1, 0.15) is 5.82 Å². The first kappa shape index (κ1) is 17.7. The smallest absolute Gasteiger partial charge is 0.330 e. The fourth-order valence-electron chi connectivity index (χ4n) is 1.94. The van der Waals surface area contributed by atoms with Crippen molar-refractivity contribution in [2.45, 2.75) is 11.8 Å². The summed E-state index contributed by atoms with van der Waals surface area (Å²) in [5, 5.41) is 0. The molecule has 0 bridgehead atoms. The van der Waals surface area contributed by atoms with Crippen molar-refractivity contribution in [2.24, 2.45) is 0 Å². The Bertz CT molecular complexity index is 891. The van der Waals surface area contributed by atoms with Gasteiger partial charge < -0.3 is 4.74 Å². The molecule has 0 fully saturated rings. The minimum Gasteiger partial charge on any atom is -0.466 e. The average Bonchev–Trinajstić information content (AvgIpc) is 2.56. The summed E-state index contributed by atoms with van der Waals surface area (Å²) in [5.74, 6) is -0.948. The maximum atomic E-state index is 13.3. The van der Waals surface area contributed by atoms with Crippen molar-refractivity contribution < 1.29 is 22.3 Å². The third kappa shape index (κ3) is 4.42. The zero-order chi connectivity index (χ0) is 17.7. The lowest BCUT2D eigenvalue weighted by Gasteiger charge is -2.09. The minimum absolute atomic E-state index is 0.0245. The molecule has 0 saturated heterocycles. The summed E-state index contributed by atoms with van der Waals surface area (Å²) in [7, 11) is -2.58. The van der Waals surface area contributed by atoms with Gasteiger partial charge in [-0.15, -0.1) is 0 Å². The number of carbonyl (C=O) groups is 1. The van der Waals surface area contributed by atoms with Gasteiger partial charge in [0.2, 0.25) is 0 Å². The Morgan fingerprint density at radius 1 is 1.21 bits per heavy atom. The maximum Gasteiger partial charge on any atom is 0.330 e. The second-order valence-electron chi connectivity index (χ2n) is 5.00. The fraction of sp³-hybridized carbons (Fsp3) is 0.118. The number of esters is 1. The molecule has 0 aromatic heterocycles. The van der Waals surface area contributed by atoms with E-state index in [2.05, 4.69) is 9.46 Å². The third-order valence-electron chi connectivity index (χ3n) is 3.19. The largest absolute Gasteiger partial charge is 0.466 e. The molecular formula is C17H16FNO4S. The number of hydrogen-bond acceptors (Lipinski definition) is 4. The number of hydrogen-bond donors (Lipinski definition) is 1. The number of anilines is 1. The van der Waals surface area contributed by atoms with E-state index in [1.54, 1.807) is 19.1 Å². The number of aryl methyl sites for hydroxylation is 1. The van der Waals surface area contributed by atoms with Crippen LogP contribution >= 0.6 is 0 Å². The van der Waals surface area contributed by atoms with Crippen molar-refractivity contribution in [1.29, 1.82) is 0 Å². The summed E-state index contributed by atoms with van der Waals surface area (Å²) in [6.07, 6.45) is 2.65. The predicted octanol–water partition coefficient (Wildman–Crippen LogP) is 3.12. The molecule has 0 atom stereocenters. The van der Waals surface area contributed by atoms with Crippen LogP contribution in [0.1, 0.15) is 11.1 Å². The Hall–Kier alpha value is -2.67. The van der Waals surface area contributed by atoms with Crippen molar-refractivity contribution in [3.8, 4) is 0 Å². The first-order valence-electron chi connectivity index (χ1n) is 6.97. The Balaban J connectivity index is 2.27. The summed E-state index contributed by atoms with van der Waals surface area (Å²) < 4.78 is 45.0. The first-order chi connectivity index (χ1) is 11.3. The Kier molecular flexibility index (Phi) is 5.35. The first-order valence-corrected chi connectivity index (χ1v) is 8.45. The minimum atomic E-state index is -3.83. The molecule has 0 spiro atoms. The highest BCUT2D eigenvalue weighted by Crippen LogP contribution is 2.19. The number of halogens is 1. The van der Waals surface area contributed by atoms with Crippen LogP contribution < -0.4 is 4.72 Å². The van der Waals surface area contributed by atoms with Gasteiger partial charge in [0.15, 0.2) is 0 Å². The molecule has 2 aromatic rings. The topological polar surface area (TPSA) is 72.5 Å². The summed E-state index contributed by atoms with van der Waals surface area (Å²) in [4.78, 5) is 11.1. The standard InChI is InChI=1S/C17H16FNO4S/c1-12-10-14(7-8-16(12)18)19-24(21,22)15-5-3-4-13(11-15)6-9-17(20)23-2/h3-11,19H,1-2H3/b9-6+. The van der Waals surface area contributed by atoms with E-state index >= 15 is 0 Å². The van der Waals surface area contributed by atoms with Crippen LogP contribution in [-0.4, -0.2) is 21.5 Å². The van der Waals surface area contributed by atoms with Gasteiger partial charge in [-0.05, 0) is 54.5 Å². The molecule has 2 aromatic carbocycles. The molecule has 5 nitrogen and oxygen atoms in total. The Morgan fingerprint density at radius 3 is 2.62 bits per heavy atom. The molecule has 0 aliphatic carbocycles. The van der Waals surface area contributed by atoms with E-state index in [0.717, 1.165) is 0 Å². The Morgan fingerprint density at radius 2 is 1.96 bits per heavy atom. The lowest BCUT2D eigenvalue weighted by molar-refractivity contribution is -0.134. The van der Waals surface area contributed by atoms with Gasteiger partial charge in [-0.3, -0.25) is 4.72 Å². The lowest BCUT2D eigenvalue weighted by atomic mass is 10.2. The number of carbonyl (C=O) groups excluding carboxylic acids is 1. The van der Waals surface area contributed by atoms with Crippen LogP contribution in [-0.2, 0) is 19.6 Å². The van der Waals surface area contributed by atoms with Crippen LogP contribution in [0.5, 0.6) is 0 Å². The number of sulfonamides is 1. The van der Waals surface area contributed by atoms with Crippen molar-refractivity contribution in [3.05, 3.63) is 65.5 Å².